The molecule has 1 rings (SSSR count). The first-order chi connectivity index (χ1) is 11.4. The van der Waals surface area contributed by atoms with Gasteiger partial charge in [0.05, 0.1) is 18.1 Å². The highest BCUT2D eigenvalue weighted by molar-refractivity contribution is 5.76. The van der Waals surface area contributed by atoms with E-state index in [1.807, 2.05) is 34.6 Å². The summed E-state index contributed by atoms with van der Waals surface area (Å²) in [5.74, 6) is -0.0532. The molecule has 3 atom stereocenters. The first-order valence-corrected chi connectivity index (χ1v) is 9.29. The van der Waals surface area contributed by atoms with Crippen LogP contribution in [0.4, 0.5) is 4.79 Å². The third-order valence-electron chi connectivity index (χ3n) is 4.82. The van der Waals surface area contributed by atoms with Crippen molar-refractivity contribution in [3.63, 3.8) is 0 Å². The average molecular weight is 357 g/mol. The summed E-state index contributed by atoms with van der Waals surface area (Å²) in [7, 11) is 0. The molecular weight excluding hydrogens is 320 g/mol. The van der Waals surface area contributed by atoms with E-state index < -0.39 is 17.2 Å². The Labute approximate surface area is 152 Å². The zero-order valence-electron chi connectivity index (χ0n) is 16.8. The molecule has 0 aromatic carbocycles. The molecule has 1 amide bonds. The summed E-state index contributed by atoms with van der Waals surface area (Å²) in [6.45, 7) is 14.3. The SMILES string of the molecule is CC(C)CCC(CN)(NC(=O)OC(C)(C)C)C1COC(=O)C1C(C)C. The monoisotopic (exact) mass is 356 g/mol. The molecule has 0 spiro atoms. The number of nitrogens with one attached hydrogen (secondary N) is 1. The van der Waals surface area contributed by atoms with E-state index in [-0.39, 0.29) is 36.9 Å². The standard InChI is InChI=1S/C19H36N2O4/c1-12(2)8-9-19(11-20,21-17(23)25-18(5,6)7)14-10-24-16(22)15(14)13(3)4/h12-15H,8-11,20H2,1-7H3,(H,21,23). The van der Waals surface area contributed by atoms with Crippen LogP contribution in [0.2, 0.25) is 0 Å². The van der Waals surface area contributed by atoms with Gasteiger partial charge in [0.25, 0.3) is 0 Å². The summed E-state index contributed by atoms with van der Waals surface area (Å²) >= 11 is 0. The second kappa shape index (κ2) is 8.39. The fourth-order valence-corrected chi connectivity index (χ4v) is 3.47. The summed E-state index contributed by atoms with van der Waals surface area (Å²) in [5.41, 5.74) is 4.85. The van der Waals surface area contributed by atoms with E-state index in [9.17, 15) is 9.59 Å². The molecule has 3 unspecified atom stereocenters. The van der Waals surface area contributed by atoms with Gasteiger partial charge in [-0.05, 0) is 45.4 Å². The maximum Gasteiger partial charge on any atom is 0.408 e. The van der Waals surface area contributed by atoms with Crippen LogP contribution in [0.25, 0.3) is 0 Å². The van der Waals surface area contributed by atoms with Crippen molar-refractivity contribution in [3.8, 4) is 0 Å². The molecule has 0 bridgehead atoms. The van der Waals surface area contributed by atoms with Gasteiger partial charge in [-0.1, -0.05) is 27.7 Å². The number of carbonyl (C=O) groups is 2. The van der Waals surface area contributed by atoms with E-state index >= 15 is 0 Å². The molecule has 25 heavy (non-hydrogen) atoms. The highest BCUT2D eigenvalue weighted by Crippen LogP contribution is 2.39. The maximum atomic E-state index is 12.5. The lowest BCUT2D eigenvalue weighted by Crippen LogP contribution is -2.61. The van der Waals surface area contributed by atoms with Crippen LogP contribution in [0.3, 0.4) is 0 Å². The van der Waals surface area contributed by atoms with Gasteiger partial charge in [0.15, 0.2) is 0 Å². The minimum Gasteiger partial charge on any atom is -0.465 e. The Kier molecular flexibility index (Phi) is 7.29. The molecule has 3 N–H and O–H groups in total. The number of nitrogens with two attached hydrogens (primary N) is 1. The predicted molar refractivity (Wildman–Crippen MR) is 98.0 cm³/mol. The van der Waals surface area contributed by atoms with Crippen LogP contribution in [0.15, 0.2) is 0 Å². The van der Waals surface area contributed by atoms with E-state index in [2.05, 4.69) is 19.2 Å². The number of rotatable bonds is 7. The van der Waals surface area contributed by atoms with Crippen LogP contribution in [0.5, 0.6) is 0 Å². The van der Waals surface area contributed by atoms with Gasteiger partial charge in [0.1, 0.15) is 5.60 Å². The Morgan fingerprint density at radius 3 is 2.36 bits per heavy atom. The van der Waals surface area contributed by atoms with Crippen LogP contribution in [0, 0.1) is 23.7 Å². The van der Waals surface area contributed by atoms with E-state index in [1.165, 1.54) is 0 Å². The van der Waals surface area contributed by atoms with Gasteiger partial charge in [-0.15, -0.1) is 0 Å². The summed E-state index contributed by atoms with van der Waals surface area (Å²) in [5, 5.41) is 3.02. The van der Waals surface area contributed by atoms with Crippen LogP contribution >= 0.6 is 0 Å². The van der Waals surface area contributed by atoms with E-state index in [0.717, 1.165) is 6.42 Å². The first-order valence-electron chi connectivity index (χ1n) is 9.29. The molecule has 0 saturated carbocycles. The Bertz CT molecular complexity index is 471. The van der Waals surface area contributed by atoms with Gasteiger partial charge in [-0.2, -0.15) is 0 Å². The lowest BCUT2D eigenvalue weighted by atomic mass is 9.70. The van der Waals surface area contributed by atoms with Crippen molar-refractivity contribution in [1.29, 1.82) is 0 Å². The topological polar surface area (TPSA) is 90.7 Å². The summed E-state index contributed by atoms with van der Waals surface area (Å²) in [6.07, 6.45) is 1.08. The quantitative estimate of drug-likeness (QED) is 0.684. The number of amides is 1. The number of carbonyl (C=O) groups excluding carboxylic acids is 2. The first kappa shape index (κ1) is 21.7. The Morgan fingerprint density at radius 1 is 1.32 bits per heavy atom. The second-order valence-corrected chi connectivity index (χ2v) is 8.93. The smallest absolute Gasteiger partial charge is 0.408 e. The van der Waals surface area contributed by atoms with E-state index in [0.29, 0.717) is 12.3 Å². The molecular formula is C19H36N2O4. The number of hydrogen-bond donors (Lipinski definition) is 2. The normalized spacial score (nSPS) is 23.5. The Hall–Kier alpha value is -1.30. The van der Waals surface area contributed by atoms with Crippen LogP contribution in [-0.2, 0) is 14.3 Å². The van der Waals surface area contributed by atoms with Gasteiger partial charge in [0.2, 0.25) is 0 Å². The lowest BCUT2D eigenvalue weighted by Gasteiger charge is -2.41. The van der Waals surface area contributed by atoms with Crippen molar-refractivity contribution >= 4 is 12.1 Å². The molecule has 1 aliphatic rings. The van der Waals surface area contributed by atoms with Gasteiger partial charge in [0, 0.05) is 12.5 Å². The molecule has 1 saturated heterocycles. The number of ether oxygens (including phenoxy) is 2. The molecule has 1 heterocycles. The van der Waals surface area contributed by atoms with Gasteiger partial charge >= 0.3 is 12.1 Å². The lowest BCUT2D eigenvalue weighted by molar-refractivity contribution is -0.142. The molecule has 6 heteroatoms. The van der Waals surface area contributed by atoms with Crippen molar-refractivity contribution < 1.29 is 19.1 Å². The molecule has 146 valence electrons. The Morgan fingerprint density at radius 2 is 1.92 bits per heavy atom. The number of esters is 1. The molecule has 0 aliphatic carbocycles. The minimum atomic E-state index is -0.715. The molecule has 6 nitrogen and oxygen atoms in total. The zero-order chi connectivity index (χ0) is 19.4. The zero-order valence-corrected chi connectivity index (χ0v) is 16.8. The minimum absolute atomic E-state index is 0.116. The molecule has 0 radical (unpaired) electrons. The molecule has 1 fully saturated rings. The summed E-state index contributed by atoms with van der Waals surface area (Å²) < 4.78 is 10.8. The van der Waals surface area contributed by atoms with Gasteiger partial charge in [-0.3, -0.25) is 4.79 Å². The Balaban J connectivity index is 3.12. The van der Waals surface area contributed by atoms with Crippen molar-refractivity contribution in [2.24, 2.45) is 29.4 Å². The molecule has 0 aromatic rings. The third kappa shape index (κ3) is 5.87. The second-order valence-electron chi connectivity index (χ2n) is 8.93. The van der Waals surface area contributed by atoms with E-state index in [1.54, 1.807) is 0 Å². The average Bonchev–Trinajstić information content (AvgIpc) is 2.83. The number of cyclic esters (lactones) is 1. The van der Waals surface area contributed by atoms with Crippen molar-refractivity contribution in [3.05, 3.63) is 0 Å². The predicted octanol–water partition coefficient (Wildman–Crippen LogP) is 3.09. The van der Waals surface area contributed by atoms with Crippen LogP contribution < -0.4 is 11.1 Å². The largest absolute Gasteiger partial charge is 0.465 e. The molecule has 0 aromatic heterocycles. The highest BCUT2D eigenvalue weighted by atomic mass is 16.6. The van der Waals surface area contributed by atoms with Crippen LogP contribution in [-0.4, -0.2) is 36.4 Å². The van der Waals surface area contributed by atoms with E-state index in [4.69, 9.17) is 15.2 Å². The molecule has 1 aliphatic heterocycles. The third-order valence-corrected chi connectivity index (χ3v) is 4.82. The number of alkyl carbamates (subject to hydrolysis) is 1. The van der Waals surface area contributed by atoms with Crippen molar-refractivity contribution in [1.82, 2.24) is 5.32 Å². The van der Waals surface area contributed by atoms with Crippen LogP contribution in [0.1, 0.15) is 61.3 Å². The maximum absolute atomic E-state index is 12.5. The fraction of sp³-hybridized carbons (Fsp3) is 0.895. The number of hydrogen-bond acceptors (Lipinski definition) is 5. The summed E-state index contributed by atoms with van der Waals surface area (Å²) in [4.78, 5) is 24.7. The van der Waals surface area contributed by atoms with Crippen molar-refractivity contribution in [2.75, 3.05) is 13.2 Å². The van der Waals surface area contributed by atoms with Crippen molar-refractivity contribution in [2.45, 2.75) is 72.4 Å². The highest BCUT2D eigenvalue weighted by Gasteiger charge is 2.51. The van der Waals surface area contributed by atoms with Gasteiger partial charge in [-0.25, -0.2) is 4.79 Å². The summed E-state index contributed by atoms with van der Waals surface area (Å²) in [6, 6.07) is 0. The van der Waals surface area contributed by atoms with Gasteiger partial charge < -0.3 is 20.5 Å². The fourth-order valence-electron chi connectivity index (χ4n) is 3.47.